The summed E-state index contributed by atoms with van der Waals surface area (Å²) >= 11 is 0. The minimum absolute atomic E-state index is 0.0656. The van der Waals surface area contributed by atoms with Crippen LogP contribution in [-0.2, 0) is 21.4 Å². The lowest BCUT2D eigenvalue weighted by atomic mass is 10.0. The maximum Gasteiger partial charge on any atom is 0.287 e. The molecule has 11 heteroatoms. The van der Waals surface area contributed by atoms with Gasteiger partial charge in [-0.05, 0) is 19.8 Å². The van der Waals surface area contributed by atoms with Gasteiger partial charge >= 0.3 is 0 Å². The molecular weight excluding hydrogens is 353 g/mol. The van der Waals surface area contributed by atoms with E-state index in [1.54, 1.807) is 0 Å². The number of carbonyl (C=O) groups is 2. The molecule has 1 aliphatic carbocycles. The van der Waals surface area contributed by atoms with Gasteiger partial charge in [-0.15, -0.1) is 4.83 Å². The molecule has 0 aliphatic heterocycles. The van der Waals surface area contributed by atoms with Crippen molar-refractivity contribution in [1.29, 1.82) is 0 Å². The number of hydrazine groups is 1. The molecule has 1 aliphatic rings. The van der Waals surface area contributed by atoms with Gasteiger partial charge in [0, 0.05) is 7.05 Å². The molecule has 0 bridgehead atoms. The molecule has 0 radical (unpaired) electrons. The minimum Gasteiger partial charge on any atom is -0.358 e. The van der Waals surface area contributed by atoms with Gasteiger partial charge in [-0.25, -0.2) is 17.5 Å². The predicted molar refractivity (Wildman–Crippen MR) is 87.4 cm³/mol. The molecule has 0 aromatic carbocycles. The van der Waals surface area contributed by atoms with E-state index in [2.05, 4.69) is 10.4 Å². The highest BCUT2D eigenvalue weighted by Crippen LogP contribution is 2.22. The van der Waals surface area contributed by atoms with Gasteiger partial charge in [-0.1, -0.05) is 19.3 Å². The third-order valence-corrected chi connectivity index (χ3v) is 5.88. The summed E-state index contributed by atoms with van der Waals surface area (Å²) < 4.78 is 39.5. The average molecular weight is 375 g/mol. The summed E-state index contributed by atoms with van der Waals surface area (Å²) in [4.78, 5) is 25.7. The summed E-state index contributed by atoms with van der Waals surface area (Å²) in [5.74, 6) is -2.39. The minimum atomic E-state index is -3.75. The first-order chi connectivity index (χ1) is 11.8. The molecule has 1 fully saturated rings. The van der Waals surface area contributed by atoms with E-state index < -0.39 is 38.6 Å². The quantitative estimate of drug-likeness (QED) is 0.603. The van der Waals surface area contributed by atoms with E-state index in [1.165, 1.54) is 14.0 Å². The number of likely N-dealkylation sites (N-methyl/N-ethyl adjacent to an activating group) is 1. The number of carbonyl (C=O) groups excluding carboxylic acids is 2. The summed E-state index contributed by atoms with van der Waals surface area (Å²) in [6, 6.07) is 0. The molecular formula is C14H22FN5O4S. The van der Waals surface area contributed by atoms with Gasteiger partial charge < -0.3 is 5.32 Å². The zero-order valence-corrected chi connectivity index (χ0v) is 15.0. The monoisotopic (exact) mass is 375 g/mol. The standard InChI is InChI=1S/C14H22FN5O4S/c1-9-12(15)13(20(18-9)8-11(21)16-2)14(22)17-19-25(23,24)10-6-4-3-5-7-10/h10,19H,3-8H2,1-2H3,(H,16,21)(H,17,22). The molecule has 25 heavy (non-hydrogen) atoms. The predicted octanol–water partition coefficient (Wildman–Crippen LogP) is -0.0265. The molecule has 0 unspecified atom stereocenters. The Kier molecular flexibility index (Phi) is 6.11. The summed E-state index contributed by atoms with van der Waals surface area (Å²) in [7, 11) is -2.35. The van der Waals surface area contributed by atoms with Crippen molar-refractivity contribution in [3.63, 3.8) is 0 Å². The molecule has 0 atom stereocenters. The third kappa shape index (κ3) is 4.54. The SMILES string of the molecule is CNC(=O)Cn1nc(C)c(F)c1C(=O)NNS(=O)(=O)C1CCCCC1. The Labute approximate surface area is 145 Å². The van der Waals surface area contributed by atoms with Gasteiger partial charge in [-0.3, -0.25) is 15.0 Å². The average Bonchev–Trinajstić information content (AvgIpc) is 2.87. The van der Waals surface area contributed by atoms with Gasteiger partial charge in [0.25, 0.3) is 5.91 Å². The van der Waals surface area contributed by atoms with Crippen LogP contribution < -0.4 is 15.6 Å². The van der Waals surface area contributed by atoms with E-state index in [-0.39, 0.29) is 12.2 Å². The molecule has 1 aromatic heterocycles. The zero-order chi connectivity index (χ0) is 18.6. The lowest BCUT2D eigenvalue weighted by Crippen LogP contribution is -2.47. The highest BCUT2D eigenvalue weighted by Gasteiger charge is 2.29. The maximum absolute atomic E-state index is 14.1. The summed E-state index contributed by atoms with van der Waals surface area (Å²) in [6.45, 7) is 0.984. The Morgan fingerprint density at radius 2 is 1.92 bits per heavy atom. The maximum atomic E-state index is 14.1. The van der Waals surface area contributed by atoms with Crippen molar-refractivity contribution in [2.75, 3.05) is 7.05 Å². The zero-order valence-electron chi connectivity index (χ0n) is 14.1. The Bertz CT molecular complexity index is 756. The van der Waals surface area contributed by atoms with Crippen LogP contribution in [0.15, 0.2) is 0 Å². The largest absolute Gasteiger partial charge is 0.358 e. The Morgan fingerprint density at radius 3 is 2.52 bits per heavy atom. The van der Waals surface area contributed by atoms with Gasteiger partial charge in [-0.2, -0.15) is 5.10 Å². The lowest BCUT2D eigenvalue weighted by molar-refractivity contribution is -0.121. The number of nitrogens with zero attached hydrogens (tertiary/aromatic N) is 2. The summed E-state index contributed by atoms with van der Waals surface area (Å²) in [5, 5.41) is 5.56. The number of aromatic nitrogens is 2. The van der Waals surface area contributed by atoms with Crippen molar-refractivity contribution in [3.05, 3.63) is 17.2 Å². The van der Waals surface area contributed by atoms with Crippen molar-refractivity contribution in [2.24, 2.45) is 0 Å². The number of halogens is 1. The van der Waals surface area contributed by atoms with E-state index in [0.29, 0.717) is 12.8 Å². The van der Waals surface area contributed by atoms with E-state index in [0.717, 1.165) is 23.9 Å². The number of aryl methyl sites for hydroxylation is 1. The number of nitrogens with one attached hydrogen (secondary N) is 3. The molecule has 1 aromatic rings. The molecule has 9 nitrogen and oxygen atoms in total. The van der Waals surface area contributed by atoms with Crippen molar-refractivity contribution in [3.8, 4) is 0 Å². The first-order valence-corrected chi connectivity index (χ1v) is 9.55. The highest BCUT2D eigenvalue weighted by atomic mass is 32.2. The van der Waals surface area contributed by atoms with Crippen molar-refractivity contribution in [1.82, 2.24) is 25.4 Å². The number of rotatable bonds is 6. The topological polar surface area (TPSA) is 122 Å². The molecule has 0 saturated heterocycles. The van der Waals surface area contributed by atoms with Crippen molar-refractivity contribution < 1.29 is 22.4 Å². The van der Waals surface area contributed by atoms with Gasteiger partial charge in [0.05, 0.1) is 10.9 Å². The van der Waals surface area contributed by atoms with Gasteiger partial charge in [0.1, 0.15) is 6.54 Å². The number of sulfonamides is 1. The Balaban J connectivity index is 2.11. The third-order valence-electron chi connectivity index (χ3n) is 4.14. The van der Waals surface area contributed by atoms with Crippen LogP contribution in [0.2, 0.25) is 0 Å². The molecule has 3 N–H and O–H groups in total. The normalized spacial score (nSPS) is 15.8. The summed E-state index contributed by atoms with van der Waals surface area (Å²) in [5.41, 5.74) is 1.44. The van der Waals surface area contributed by atoms with Crippen LogP contribution in [0.4, 0.5) is 4.39 Å². The number of amides is 2. The highest BCUT2D eigenvalue weighted by molar-refractivity contribution is 7.90. The smallest absolute Gasteiger partial charge is 0.287 e. The van der Waals surface area contributed by atoms with Crippen LogP contribution in [-0.4, -0.2) is 42.3 Å². The lowest BCUT2D eigenvalue weighted by Gasteiger charge is -2.22. The van der Waals surface area contributed by atoms with Crippen molar-refractivity contribution in [2.45, 2.75) is 50.8 Å². The van der Waals surface area contributed by atoms with E-state index in [1.807, 2.05) is 10.3 Å². The first-order valence-electron chi connectivity index (χ1n) is 8.00. The molecule has 0 spiro atoms. The van der Waals surface area contributed by atoms with Crippen LogP contribution >= 0.6 is 0 Å². The summed E-state index contributed by atoms with van der Waals surface area (Å²) in [6.07, 6.45) is 3.65. The van der Waals surface area contributed by atoms with Crippen LogP contribution in [0.3, 0.4) is 0 Å². The van der Waals surface area contributed by atoms with Gasteiger partial charge in [0.15, 0.2) is 11.5 Å². The fourth-order valence-corrected chi connectivity index (χ4v) is 4.10. The molecule has 1 heterocycles. The second-order valence-corrected chi connectivity index (χ2v) is 7.90. The number of hydrogen-bond acceptors (Lipinski definition) is 5. The van der Waals surface area contributed by atoms with Crippen LogP contribution in [0.1, 0.15) is 48.3 Å². The fourth-order valence-electron chi connectivity index (χ4n) is 2.74. The molecule has 2 rings (SSSR count). The number of hydrogen-bond donors (Lipinski definition) is 3. The van der Waals surface area contributed by atoms with Crippen LogP contribution in [0.5, 0.6) is 0 Å². The Morgan fingerprint density at radius 1 is 1.28 bits per heavy atom. The second kappa shape index (κ2) is 7.91. The second-order valence-electron chi connectivity index (χ2n) is 5.94. The van der Waals surface area contributed by atoms with E-state index >= 15 is 0 Å². The fraction of sp³-hybridized carbons (Fsp3) is 0.643. The van der Waals surface area contributed by atoms with Crippen LogP contribution in [0.25, 0.3) is 0 Å². The first kappa shape index (κ1) is 19.3. The van der Waals surface area contributed by atoms with E-state index in [9.17, 15) is 22.4 Å². The van der Waals surface area contributed by atoms with E-state index in [4.69, 9.17) is 0 Å². The van der Waals surface area contributed by atoms with Crippen LogP contribution in [0, 0.1) is 12.7 Å². The molecule has 2 amide bonds. The molecule has 1 saturated carbocycles. The molecule has 140 valence electrons. The Hall–Kier alpha value is -2.01. The van der Waals surface area contributed by atoms with Crippen molar-refractivity contribution >= 4 is 21.8 Å². The van der Waals surface area contributed by atoms with Gasteiger partial charge in [0.2, 0.25) is 15.9 Å².